The summed E-state index contributed by atoms with van der Waals surface area (Å²) in [6.45, 7) is 13.1. The molecule has 0 bridgehead atoms. The molecule has 0 atom stereocenters. The number of rotatable bonds is 9. The number of ketones is 1. The van der Waals surface area contributed by atoms with E-state index >= 15 is 0 Å². The third-order valence-electron chi connectivity index (χ3n) is 4.72. The molecular weight excluding hydrogens is 332 g/mol. The SMILES string of the molecule is C=C(c1cc(C(C)=O)ccn1)N(CCc1ccc(C)cc1)/C(=C\C)CCC. The van der Waals surface area contributed by atoms with E-state index in [1.54, 1.807) is 19.2 Å². The molecule has 0 spiro atoms. The van der Waals surface area contributed by atoms with Gasteiger partial charge in [0.25, 0.3) is 0 Å². The molecule has 142 valence electrons. The van der Waals surface area contributed by atoms with Crippen LogP contribution >= 0.6 is 0 Å². The standard InChI is InChI=1S/C24H30N2O/c1-6-8-23(7-2)26(16-14-21-11-9-18(3)10-12-21)19(4)24-17-22(20(5)27)13-15-25-24/h7,9-13,15,17H,4,6,8,14,16H2,1-3,5H3/b23-7-. The molecule has 3 heteroatoms. The van der Waals surface area contributed by atoms with E-state index in [2.05, 4.69) is 67.6 Å². The molecular formula is C24H30N2O. The van der Waals surface area contributed by atoms with Gasteiger partial charge in [-0.2, -0.15) is 0 Å². The van der Waals surface area contributed by atoms with E-state index in [1.165, 1.54) is 16.8 Å². The number of allylic oxidation sites excluding steroid dienone is 2. The van der Waals surface area contributed by atoms with Crippen LogP contribution in [-0.4, -0.2) is 22.2 Å². The molecule has 2 aromatic rings. The maximum atomic E-state index is 11.7. The van der Waals surface area contributed by atoms with Crippen molar-refractivity contribution in [2.75, 3.05) is 6.54 Å². The van der Waals surface area contributed by atoms with Crippen LogP contribution in [0.4, 0.5) is 0 Å². The fraction of sp³-hybridized carbons (Fsp3) is 0.333. The Hall–Kier alpha value is -2.68. The quantitative estimate of drug-likeness (QED) is 0.528. The molecule has 0 saturated heterocycles. The molecule has 0 fully saturated rings. The van der Waals surface area contributed by atoms with E-state index < -0.39 is 0 Å². The maximum Gasteiger partial charge on any atom is 0.159 e. The number of aromatic nitrogens is 1. The largest absolute Gasteiger partial charge is 0.344 e. The molecule has 0 saturated carbocycles. The van der Waals surface area contributed by atoms with E-state index in [9.17, 15) is 4.79 Å². The van der Waals surface area contributed by atoms with Crippen molar-refractivity contribution < 1.29 is 4.79 Å². The van der Waals surface area contributed by atoms with E-state index in [-0.39, 0.29) is 5.78 Å². The van der Waals surface area contributed by atoms with Crippen LogP contribution in [0.15, 0.2) is 60.9 Å². The van der Waals surface area contributed by atoms with Crippen LogP contribution < -0.4 is 0 Å². The molecule has 0 aliphatic heterocycles. The third-order valence-corrected chi connectivity index (χ3v) is 4.72. The first kappa shape index (κ1) is 20.6. The molecule has 0 radical (unpaired) electrons. The lowest BCUT2D eigenvalue weighted by molar-refractivity contribution is 0.101. The van der Waals surface area contributed by atoms with Gasteiger partial charge in [0.1, 0.15) is 0 Å². The van der Waals surface area contributed by atoms with Crippen molar-refractivity contribution in [1.82, 2.24) is 9.88 Å². The number of hydrogen-bond donors (Lipinski definition) is 0. The van der Waals surface area contributed by atoms with Crippen molar-refractivity contribution >= 4 is 11.5 Å². The molecule has 27 heavy (non-hydrogen) atoms. The summed E-state index contributed by atoms with van der Waals surface area (Å²) in [7, 11) is 0. The summed E-state index contributed by atoms with van der Waals surface area (Å²) in [5, 5.41) is 0. The lowest BCUT2D eigenvalue weighted by Gasteiger charge is -2.29. The zero-order valence-corrected chi connectivity index (χ0v) is 17.0. The zero-order valence-electron chi connectivity index (χ0n) is 17.0. The first-order chi connectivity index (χ1) is 13.0. The predicted octanol–water partition coefficient (Wildman–Crippen LogP) is 5.81. The number of aryl methyl sites for hydroxylation is 1. The normalized spacial score (nSPS) is 11.3. The number of hydrogen-bond acceptors (Lipinski definition) is 3. The van der Waals surface area contributed by atoms with E-state index in [1.807, 2.05) is 6.07 Å². The second kappa shape index (κ2) is 9.86. The van der Waals surface area contributed by atoms with Crippen LogP contribution in [-0.2, 0) is 6.42 Å². The molecule has 0 aliphatic rings. The number of pyridine rings is 1. The van der Waals surface area contributed by atoms with Gasteiger partial charge in [-0.3, -0.25) is 9.78 Å². The molecule has 1 heterocycles. The molecule has 0 N–H and O–H groups in total. The van der Waals surface area contributed by atoms with Crippen LogP contribution in [0.2, 0.25) is 0 Å². The summed E-state index contributed by atoms with van der Waals surface area (Å²) in [4.78, 5) is 18.4. The highest BCUT2D eigenvalue weighted by Crippen LogP contribution is 2.24. The summed E-state index contributed by atoms with van der Waals surface area (Å²) in [5.74, 6) is 0.0393. The fourth-order valence-corrected chi connectivity index (χ4v) is 3.08. The number of benzene rings is 1. The first-order valence-corrected chi connectivity index (χ1v) is 9.60. The van der Waals surface area contributed by atoms with Gasteiger partial charge in [-0.25, -0.2) is 0 Å². The highest BCUT2D eigenvalue weighted by Gasteiger charge is 2.16. The maximum absolute atomic E-state index is 11.7. The van der Waals surface area contributed by atoms with Crippen molar-refractivity contribution in [2.24, 2.45) is 0 Å². The first-order valence-electron chi connectivity index (χ1n) is 9.60. The van der Waals surface area contributed by atoms with E-state index in [0.29, 0.717) is 5.56 Å². The molecule has 0 unspecified atom stereocenters. The smallest absolute Gasteiger partial charge is 0.159 e. The number of nitrogens with zero attached hydrogens (tertiary/aromatic N) is 2. The highest BCUT2D eigenvalue weighted by molar-refractivity contribution is 5.94. The number of carbonyl (C=O) groups excluding carboxylic acids is 1. The summed E-state index contributed by atoms with van der Waals surface area (Å²) in [5.41, 5.74) is 6.07. The predicted molar refractivity (Wildman–Crippen MR) is 114 cm³/mol. The van der Waals surface area contributed by atoms with E-state index in [0.717, 1.165) is 37.2 Å². The lowest BCUT2D eigenvalue weighted by atomic mass is 10.1. The van der Waals surface area contributed by atoms with Crippen LogP contribution in [0.1, 0.15) is 60.8 Å². The van der Waals surface area contributed by atoms with Crippen molar-refractivity contribution in [3.05, 3.63) is 83.3 Å². The molecule has 2 rings (SSSR count). The Kier molecular flexibility index (Phi) is 7.54. The fourth-order valence-electron chi connectivity index (χ4n) is 3.08. The van der Waals surface area contributed by atoms with Gasteiger partial charge < -0.3 is 4.90 Å². The number of Topliss-reactive ketones (excluding diaryl/α,β-unsaturated/α-hetero) is 1. The topological polar surface area (TPSA) is 33.2 Å². The van der Waals surface area contributed by atoms with Gasteiger partial charge >= 0.3 is 0 Å². The average molecular weight is 363 g/mol. The summed E-state index contributed by atoms with van der Waals surface area (Å²) in [6, 6.07) is 12.2. The van der Waals surface area contributed by atoms with Crippen molar-refractivity contribution in [1.29, 1.82) is 0 Å². The molecule has 0 amide bonds. The molecule has 1 aromatic carbocycles. The minimum Gasteiger partial charge on any atom is -0.344 e. The minimum absolute atomic E-state index is 0.0393. The van der Waals surface area contributed by atoms with Crippen LogP contribution in [0, 0.1) is 6.92 Å². The van der Waals surface area contributed by atoms with Crippen LogP contribution in [0.25, 0.3) is 5.70 Å². The van der Waals surface area contributed by atoms with Gasteiger partial charge in [0, 0.05) is 24.0 Å². The summed E-state index contributed by atoms with van der Waals surface area (Å²) < 4.78 is 0. The Bertz CT molecular complexity index is 819. The van der Waals surface area contributed by atoms with Gasteiger partial charge in [-0.15, -0.1) is 0 Å². The van der Waals surface area contributed by atoms with Gasteiger partial charge in [-0.1, -0.05) is 55.8 Å². The minimum atomic E-state index is 0.0393. The van der Waals surface area contributed by atoms with Gasteiger partial charge in [-0.05, 0) is 51.3 Å². The average Bonchev–Trinajstić information content (AvgIpc) is 2.68. The third kappa shape index (κ3) is 5.65. The second-order valence-electron chi connectivity index (χ2n) is 6.85. The van der Waals surface area contributed by atoms with Crippen LogP contribution in [0.3, 0.4) is 0 Å². The van der Waals surface area contributed by atoms with Crippen LogP contribution in [0.5, 0.6) is 0 Å². The Labute approximate surface area is 163 Å². The van der Waals surface area contributed by atoms with Gasteiger partial charge in [0.15, 0.2) is 5.78 Å². The summed E-state index contributed by atoms with van der Waals surface area (Å²) >= 11 is 0. The second-order valence-corrected chi connectivity index (χ2v) is 6.85. The van der Waals surface area contributed by atoms with Crippen molar-refractivity contribution in [2.45, 2.75) is 47.0 Å². The van der Waals surface area contributed by atoms with Crippen molar-refractivity contribution in [3.63, 3.8) is 0 Å². The van der Waals surface area contributed by atoms with Gasteiger partial charge in [0.2, 0.25) is 0 Å². The summed E-state index contributed by atoms with van der Waals surface area (Å²) in [6.07, 6.45) is 6.81. The molecule has 3 nitrogen and oxygen atoms in total. The highest BCUT2D eigenvalue weighted by atomic mass is 16.1. The Morgan fingerprint density at radius 3 is 2.52 bits per heavy atom. The Morgan fingerprint density at radius 1 is 1.22 bits per heavy atom. The van der Waals surface area contributed by atoms with Crippen molar-refractivity contribution in [3.8, 4) is 0 Å². The molecule has 1 aromatic heterocycles. The lowest BCUT2D eigenvalue weighted by Crippen LogP contribution is -2.24. The van der Waals surface area contributed by atoms with Gasteiger partial charge in [0.05, 0.1) is 11.4 Å². The zero-order chi connectivity index (χ0) is 19.8. The monoisotopic (exact) mass is 362 g/mol. The Morgan fingerprint density at radius 2 is 1.93 bits per heavy atom. The number of carbonyl (C=O) groups is 1. The Balaban J connectivity index is 2.28. The van der Waals surface area contributed by atoms with E-state index in [4.69, 9.17) is 0 Å². The molecule has 0 aliphatic carbocycles.